The first-order valence-electron chi connectivity index (χ1n) is 11.6. The zero-order chi connectivity index (χ0) is 22.7. The minimum absolute atomic E-state index is 0.0432. The lowest BCUT2D eigenvalue weighted by Gasteiger charge is -2.39. The molecule has 170 valence electrons. The van der Waals surface area contributed by atoms with Crippen LogP contribution in [0.3, 0.4) is 0 Å². The van der Waals surface area contributed by atoms with Gasteiger partial charge < -0.3 is 20.1 Å². The standard InChI is InChI=1S/C26H26N2O5/c29-23(28-13-15-11-26(28,12-15)24(30)31)22(16-9-10-16)27-25(32)33-14-21-19-7-3-1-5-17(19)18-6-2-4-8-20(18)21/h1-8,15-16,21-22H,9-14H2,(H,27,32)(H,30,31). The van der Waals surface area contributed by atoms with Gasteiger partial charge in [0.15, 0.2) is 0 Å². The average Bonchev–Trinajstić information content (AvgIpc) is 3.34. The van der Waals surface area contributed by atoms with Gasteiger partial charge in [0.2, 0.25) is 5.91 Å². The number of amides is 2. The summed E-state index contributed by atoms with van der Waals surface area (Å²) < 4.78 is 5.63. The van der Waals surface area contributed by atoms with Crippen LogP contribution in [-0.2, 0) is 14.3 Å². The molecule has 7 nitrogen and oxygen atoms in total. The van der Waals surface area contributed by atoms with E-state index >= 15 is 0 Å². The monoisotopic (exact) mass is 446 g/mol. The van der Waals surface area contributed by atoms with Crippen LogP contribution in [0, 0.1) is 11.8 Å². The third-order valence-corrected chi connectivity index (χ3v) is 7.85. The van der Waals surface area contributed by atoms with Crippen molar-refractivity contribution in [2.45, 2.75) is 43.2 Å². The molecule has 0 spiro atoms. The van der Waals surface area contributed by atoms with E-state index in [0.717, 1.165) is 35.1 Å². The van der Waals surface area contributed by atoms with Gasteiger partial charge in [-0.2, -0.15) is 0 Å². The molecule has 1 unspecified atom stereocenters. The summed E-state index contributed by atoms with van der Waals surface area (Å²) in [4.78, 5) is 39.4. The largest absolute Gasteiger partial charge is 0.479 e. The lowest BCUT2D eigenvalue weighted by atomic mass is 9.73. The fourth-order valence-corrected chi connectivity index (χ4v) is 6.01. The molecule has 1 atom stereocenters. The Morgan fingerprint density at radius 3 is 2.21 bits per heavy atom. The molecule has 4 fully saturated rings. The average molecular weight is 447 g/mol. The van der Waals surface area contributed by atoms with E-state index in [4.69, 9.17) is 4.74 Å². The number of hydrogen-bond donors (Lipinski definition) is 2. The van der Waals surface area contributed by atoms with Gasteiger partial charge in [0, 0.05) is 12.5 Å². The summed E-state index contributed by atoms with van der Waals surface area (Å²) in [5, 5.41) is 12.5. The first kappa shape index (κ1) is 20.3. The molecule has 2 saturated carbocycles. The molecule has 2 N–H and O–H groups in total. The number of carbonyl (C=O) groups is 3. The molecule has 0 aromatic heterocycles. The van der Waals surface area contributed by atoms with E-state index in [1.54, 1.807) is 0 Å². The van der Waals surface area contributed by atoms with Crippen LogP contribution in [0.2, 0.25) is 0 Å². The first-order valence-corrected chi connectivity index (χ1v) is 11.6. The van der Waals surface area contributed by atoms with Gasteiger partial charge in [-0.05, 0) is 59.8 Å². The number of alkyl carbamates (subject to hydrolysis) is 1. The third-order valence-electron chi connectivity index (χ3n) is 7.85. The van der Waals surface area contributed by atoms with Crippen LogP contribution in [0.4, 0.5) is 4.79 Å². The molecule has 7 rings (SSSR count). The van der Waals surface area contributed by atoms with E-state index in [-0.39, 0.29) is 30.3 Å². The van der Waals surface area contributed by atoms with Crippen LogP contribution in [0.1, 0.15) is 42.7 Å². The number of carboxylic acids is 1. The number of aliphatic carboxylic acids is 1. The van der Waals surface area contributed by atoms with E-state index in [0.29, 0.717) is 19.4 Å². The number of fused-ring (bicyclic) bond motifs is 4. The molecule has 2 amide bonds. The summed E-state index contributed by atoms with van der Waals surface area (Å²) in [5.74, 6) is -0.992. The highest BCUT2D eigenvalue weighted by molar-refractivity contribution is 5.93. The van der Waals surface area contributed by atoms with Crippen molar-refractivity contribution in [1.82, 2.24) is 10.2 Å². The maximum Gasteiger partial charge on any atom is 0.407 e. The number of nitrogens with zero attached hydrogens (tertiary/aromatic N) is 1. The number of hydrogen-bond acceptors (Lipinski definition) is 4. The van der Waals surface area contributed by atoms with Gasteiger partial charge in [-0.15, -0.1) is 0 Å². The fraction of sp³-hybridized carbons (Fsp3) is 0.423. The SMILES string of the molecule is O=C(NC(C(=O)N1CC2CC1(C(=O)O)C2)C1CC1)OCC1c2ccccc2-c2ccccc21. The van der Waals surface area contributed by atoms with Gasteiger partial charge in [0.25, 0.3) is 0 Å². The second kappa shape index (κ2) is 7.33. The van der Waals surface area contributed by atoms with Gasteiger partial charge in [0.05, 0.1) is 0 Å². The van der Waals surface area contributed by atoms with Crippen LogP contribution < -0.4 is 5.32 Å². The van der Waals surface area contributed by atoms with Crippen molar-refractivity contribution in [3.8, 4) is 11.1 Å². The van der Waals surface area contributed by atoms with Gasteiger partial charge in [0.1, 0.15) is 18.2 Å². The van der Waals surface area contributed by atoms with Crippen molar-refractivity contribution in [3.63, 3.8) is 0 Å². The van der Waals surface area contributed by atoms with Gasteiger partial charge in [-0.3, -0.25) is 4.79 Å². The quantitative estimate of drug-likeness (QED) is 0.709. The van der Waals surface area contributed by atoms with Crippen LogP contribution in [0.25, 0.3) is 11.1 Å². The van der Waals surface area contributed by atoms with Crippen molar-refractivity contribution in [2.75, 3.05) is 13.2 Å². The highest BCUT2D eigenvalue weighted by atomic mass is 16.5. The Hall–Kier alpha value is -3.35. The molecular formula is C26H26N2O5. The topological polar surface area (TPSA) is 95.9 Å². The maximum atomic E-state index is 13.3. The Labute approximate surface area is 191 Å². The molecule has 5 aliphatic rings. The normalized spacial score (nSPS) is 25.6. The molecule has 0 radical (unpaired) electrons. The molecule has 2 bridgehead atoms. The van der Waals surface area contributed by atoms with E-state index in [9.17, 15) is 19.5 Å². The van der Waals surface area contributed by atoms with E-state index in [1.165, 1.54) is 4.90 Å². The Morgan fingerprint density at radius 2 is 1.64 bits per heavy atom. The zero-order valence-electron chi connectivity index (χ0n) is 18.2. The molecule has 2 saturated heterocycles. The van der Waals surface area contributed by atoms with E-state index in [2.05, 4.69) is 29.6 Å². The summed E-state index contributed by atoms with van der Waals surface area (Å²) in [5.41, 5.74) is 3.47. The van der Waals surface area contributed by atoms with Gasteiger partial charge >= 0.3 is 12.1 Å². The smallest absolute Gasteiger partial charge is 0.407 e. The third kappa shape index (κ3) is 3.13. The molecule has 7 heteroatoms. The Balaban J connectivity index is 1.15. The van der Waals surface area contributed by atoms with Crippen molar-refractivity contribution in [1.29, 1.82) is 0 Å². The molecule has 2 aromatic rings. The van der Waals surface area contributed by atoms with Crippen LogP contribution >= 0.6 is 0 Å². The second-order valence-electron chi connectivity index (χ2n) is 9.84. The van der Waals surface area contributed by atoms with Crippen LogP contribution in [-0.4, -0.2) is 52.7 Å². The number of rotatable bonds is 6. The molecule has 2 heterocycles. The second-order valence-corrected chi connectivity index (χ2v) is 9.84. The van der Waals surface area contributed by atoms with Crippen molar-refractivity contribution in [2.24, 2.45) is 11.8 Å². The Bertz CT molecular complexity index is 1110. The highest BCUT2D eigenvalue weighted by Gasteiger charge is 2.64. The zero-order valence-corrected chi connectivity index (χ0v) is 18.2. The van der Waals surface area contributed by atoms with Crippen LogP contribution in [0.5, 0.6) is 0 Å². The summed E-state index contributed by atoms with van der Waals surface area (Å²) in [6, 6.07) is 15.5. The Kier molecular flexibility index (Phi) is 4.50. The molecular weight excluding hydrogens is 420 g/mol. The minimum Gasteiger partial charge on any atom is -0.479 e. The number of benzene rings is 2. The Morgan fingerprint density at radius 1 is 1.03 bits per heavy atom. The predicted octanol–water partition coefficient (Wildman–Crippen LogP) is 3.38. The lowest BCUT2D eigenvalue weighted by molar-refractivity contribution is -0.159. The van der Waals surface area contributed by atoms with E-state index < -0.39 is 23.6 Å². The van der Waals surface area contributed by atoms with Gasteiger partial charge in [-0.1, -0.05) is 48.5 Å². The predicted molar refractivity (Wildman–Crippen MR) is 120 cm³/mol. The summed E-state index contributed by atoms with van der Waals surface area (Å²) in [6.45, 7) is 0.636. The van der Waals surface area contributed by atoms with Gasteiger partial charge in [-0.25, -0.2) is 9.59 Å². The fourth-order valence-electron chi connectivity index (χ4n) is 6.01. The van der Waals surface area contributed by atoms with Crippen LogP contribution in [0.15, 0.2) is 48.5 Å². The number of ether oxygens (including phenoxy) is 1. The van der Waals surface area contributed by atoms with Crippen molar-refractivity contribution in [3.05, 3.63) is 59.7 Å². The summed E-state index contributed by atoms with van der Waals surface area (Å²) in [7, 11) is 0. The maximum absolute atomic E-state index is 13.3. The lowest BCUT2D eigenvalue weighted by Crippen LogP contribution is -2.59. The molecule has 33 heavy (non-hydrogen) atoms. The molecule has 3 aliphatic carbocycles. The summed E-state index contributed by atoms with van der Waals surface area (Å²) >= 11 is 0. The minimum atomic E-state index is -1.09. The number of carbonyl (C=O) groups excluding carboxylic acids is 2. The van der Waals surface area contributed by atoms with Crippen molar-refractivity contribution >= 4 is 18.0 Å². The summed E-state index contributed by atoms with van der Waals surface area (Å²) in [6.07, 6.45) is 2.08. The molecule has 2 aliphatic heterocycles. The first-order chi connectivity index (χ1) is 16.0. The van der Waals surface area contributed by atoms with Crippen molar-refractivity contribution < 1.29 is 24.2 Å². The van der Waals surface area contributed by atoms with E-state index in [1.807, 2.05) is 24.3 Å². The highest BCUT2D eigenvalue weighted by Crippen LogP contribution is 2.51. The number of nitrogens with one attached hydrogen (secondary N) is 1. The number of carboxylic acid groups (broad SMARTS) is 1. The molecule has 2 aromatic carbocycles.